The first-order chi connectivity index (χ1) is 25.2. The number of benzene rings is 2. The van der Waals surface area contributed by atoms with Crippen molar-refractivity contribution in [3.8, 4) is 0 Å². The number of aromatic amines is 1. The van der Waals surface area contributed by atoms with E-state index in [0.29, 0.717) is 50.2 Å². The summed E-state index contributed by atoms with van der Waals surface area (Å²) in [5.41, 5.74) is -1.48. The van der Waals surface area contributed by atoms with Gasteiger partial charge in [-0.2, -0.15) is 13.2 Å². The van der Waals surface area contributed by atoms with Gasteiger partial charge in [-0.1, -0.05) is 64.4 Å². The van der Waals surface area contributed by atoms with Gasteiger partial charge in [-0.3, -0.25) is 19.2 Å². The molecule has 0 spiro atoms. The van der Waals surface area contributed by atoms with Gasteiger partial charge in [0.05, 0.1) is 17.5 Å². The minimum absolute atomic E-state index is 0.0171. The number of halogens is 4. The molecular formula is C39H49F4N5O5. The number of rotatable bonds is 13. The molecule has 0 radical (unpaired) electrons. The van der Waals surface area contributed by atoms with Crippen molar-refractivity contribution in [2.75, 3.05) is 13.2 Å². The molecule has 1 aromatic heterocycles. The quantitative estimate of drug-likeness (QED) is 0.117. The van der Waals surface area contributed by atoms with Crippen LogP contribution in [0.5, 0.6) is 0 Å². The Morgan fingerprint density at radius 2 is 1.64 bits per heavy atom. The topological polar surface area (TPSA) is 141 Å². The third-order valence-electron chi connectivity index (χ3n) is 10.9. The van der Waals surface area contributed by atoms with Gasteiger partial charge in [0.25, 0.3) is 0 Å². The average Bonchev–Trinajstić information content (AvgIpc) is 3.51. The molecule has 0 bridgehead atoms. The fourth-order valence-electron chi connectivity index (χ4n) is 7.19. The Morgan fingerprint density at radius 1 is 0.943 bits per heavy atom. The number of aryl methyl sites for hydroxylation is 1. The van der Waals surface area contributed by atoms with Crippen molar-refractivity contribution >= 4 is 34.5 Å². The smallest absolute Gasteiger partial charge is 0.381 e. The number of nitrogens with one attached hydrogen (secondary N) is 5. The van der Waals surface area contributed by atoms with E-state index >= 15 is 0 Å². The van der Waals surface area contributed by atoms with Crippen molar-refractivity contribution in [3.63, 3.8) is 0 Å². The van der Waals surface area contributed by atoms with E-state index in [1.54, 1.807) is 19.1 Å². The predicted molar refractivity (Wildman–Crippen MR) is 191 cm³/mol. The van der Waals surface area contributed by atoms with E-state index in [2.05, 4.69) is 26.3 Å². The number of hydrogen-bond donors (Lipinski definition) is 5. The maximum Gasteiger partial charge on any atom is 0.418 e. The Balaban J connectivity index is 1.49. The van der Waals surface area contributed by atoms with Crippen LogP contribution in [0.25, 0.3) is 10.9 Å². The number of hydrogen-bond acceptors (Lipinski definition) is 5. The molecule has 2 aromatic carbocycles. The number of alkyl halides is 3. The number of para-hydroxylation sites is 1. The summed E-state index contributed by atoms with van der Waals surface area (Å²) in [5.74, 6) is -3.59. The first-order valence-corrected chi connectivity index (χ1v) is 18.4. The predicted octanol–water partition coefficient (Wildman–Crippen LogP) is 5.47. The molecule has 1 saturated heterocycles. The third kappa shape index (κ3) is 9.02. The van der Waals surface area contributed by atoms with Crippen LogP contribution in [0.4, 0.5) is 17.6 Å². The Morgan fingerprint density at radius 3 is 2.30 bits per heavy atom. The molecule has 2 aliphatic rings. The number of fused-ring (bicyclic) bond motifs is 3. The van der Waals surface area contributed by atoms with Crippen molar-refractivity contribution in [2.24, 2.45) is 17.8 Å². The van der Waals surface area contributed by atoms with Gasteiger partial charge in [-0.05, 0) is 67.2 Å². The van der Waals surface area contributed by atoms with Crippen LogP contribution in [0.2, 0.25) is 0 Å². The molecule has 2 unspecified atom stereocenters. The van der Waals surface area contributed by atoms with Gasteiger partial charge in [0.2, 0.25) is 23.6 Å². The van der Waals surface area contributed by atoms with Crippen molar-refractivity contribution in [3.05, 3.63) is 70.7 Å². The fraction of sp³-hybridized carbons (Fsp3) is 0.538. The van der Waals surface area contributed by atoms with Crippen LogP contribution in [-0.2, 0) is 49.4 Å². The third-order valence-corrected chi connectivity index (χ3v) is 10.9. The van der Waals surface area contributed by atoms with E-state index in [1.165, 1.54) is 24.3 Å². The summed E-state index contributed by atoms with van der Waals surface area (Å²) in [7, 11) is 0. The van der Waals surface area contributed by atoms with E-state index in [-0.39, 0.29) is 59.9 Å². The van der Waals surface area contributed by atoms with Gasteiger partial charge in [-0.15, -0.1) is 0 Å². The Bertz CT molecular complexity index is 1810. The molecule has 1 fully saturated rings. The van der Waals surface area contributed by atoms with Gasteiger partial charge in [-0.25, -0.2) is 4.39 Å². The Hall–Kier alpha value is -4.46. The Labute approximate surface area is 306 Å². The molecule has 14 heteroatoms. The summed E-state index contributed by atoms with van der Waals surface area (Å²) in [5, 5.41) is 11.9. The lowest BCUT2D eigenvalue weighted by Gasteiger charge is -2.40. The maximum absolute atomic E-state index is 14.7. The zero-order valence-corrected chi connectivity index (χ0v) is 30.6. The second-order valence-corrected chi connectivity index (χ2v) is 14.5. The lowest BCUT2D eigenvalue weighted by molar-refractivity contribution is -0.138. The molecule has 5 N–H and O–H groups in total. The van der Waals surface area contributed by atoms with E-state index in [1.807, 2.05) is 20.8 Å². The summed E-state index contributed by atoms with van der Waals surface area (Å²) in [6.45, 7) is 8.30. The van der Waals surface area contributed by atoms with Gasteiger partial charge in [0.1, 0.15) is 23.6 Å². The largest absolute Gasteiger partial charge is 0.418 e. The van der Waals surface area contributed by atoms with Crippen LogP contribution in [0, 0.1) is 23.6 Å². The molecule has 2 heterocycles. The molecule has 10 nitrogen and oxygen atoms in total. The van der Waals surface area contributed by atoms with Crippen LogP contribution in [-0.4, -0.2) is 59.6 Å². The number of H-pyrrole nitrogens is 1. The second kappa shape index (κ2) is 16.7. The second-order valence-electron chi connectivity index (χ2n) is 14.5. The van der Waals surface area contributed by atoms with Crippen LogP contribution >= 0.6 is 0 Å². The van der Waals surface area contributed by atoms with E-state index < -0.39 is 58.9 Å². The molecule has 53 heavy (non-hydrogen) atoms. The van der Waals surface area contributed by atoms with E-state index in [0.717, 1.165) is 6.07 Å². The van der Waals surface area contributed by atoms with Crippen molar-refractivity contribution in [1.29, 1.82) is 0 Å². The molecule has 5 rings (SSSR count). The van der Waals surface area contributed by atoms with Crippen molar-refractivity contribution in [2.45, 2.75) is 103 Å². The maximum atomic E-state index is 14.7. The highest BCUT2D eigenvalue weighted by molar-refractivity contribution is 5.97. The lowest BCUT2D eigenvalue weighted by Crippen LogP contribution is -2.67. The number of carbonyl (C=O) groups is 4. The molecule has 1 aliphatic carbocycles. The average molecular weight is 744 g/mol. The molecule has 1 aliphatic heterocycles. The lowest BCUT2D eigenvalue weighted by atomic mass is 9.78. The SMILES string of the molecule is CCC(C)[C@@H](NC(=O)C1CCOCC1)NC(=O)[C@@]1(NC(=O)[C@@H](NC(=O)Cc2ccccc2F)C(C)CC)CCc2[nH]c3c(C(F)(F)F)cccc3c2C1. The van der Waals surface area contributed by atoms with Crippen molar-refractivity contribution in [1.82, 2.24) is 26.3 Å². The highest BCUT2D eigenvalue weighted by atomic mass is 19.4. The van der Waals surface area contributed by atoms with Gasteiger partial charge >= 0.3 is 6.18 Å². The van der Waals surface area contributed by atoms with E-state index in [9.17, 15) is 36.7 Å². The summed E-state index contributed by atoms with van der Waals surface area (Å²) in [6, 6.07) is 8.56. The van der Waals surface area contributed by atoms with Crippen LogP contribution < -0.4 is 21.3 Å². The molecular weight excluding hydrogens is 694 g/mol. The minimum atomic E-state index is -4.63. The summed E-state index contributed by atoms with van der Waals surface area (Å²) < 4.78 is 61.9. The first kappa shape index (κ1) is 39.7. The number of aromatic nitrogens is 1. The fourth-order valence-corrected chi connectivity index (χ4v) is 7.19. The zero-order valence-electron chi connectivity index (χ0n) is 30.6. The number of amides is 4. The highest BCUT2D eigenvalue weighted by Crippen LogP contribution is 2.40. The monoisotopic (exact) mass is 743 g/mol. The van der Waals surface area contributed by atoms with Crippen LogP contribution in [0.3, 0.4) is 0 Å². The van der Waals surface area contributed by atoms with Crippen molar-refractivity contribution < 1.29 is 41.5 Å². The first-order valence-electron chi connectivity index (χ1n) is 18.4. The minimum Gasteiger partial charge on any atom is -0.381 e. The molecule has 5 atom stereocenters. The summed E-state index contributed by atoms with van der Waals surface area (Å²) in [6.07, 6.45) is -3.63. The molecule has 3 aromatic rings. The number of ether oxygens (including phenoxy) is 1. The molecule has 288 valence electrons. The van der Waals surface area contributed by atoms with Crippen LogP contribution in [0.1, 0.15) is 82.2 Å². The van der Waals surface area contributed by atoms with E-state index in [4.69, 9.17) is 4.74 Å². The van der Waals surface area contributed by atoms with Gasteiger partial charge < -0.3 is 31.0 Å². The Kier molecular flexibility index (Phi) is 12.5. The molecule has 4 amide bonds. The molecule has 0 saturated carbocycles. The number of carbonyl (C=O) groups excluding carboxylic acids is 4. The highest BCUT2D eigenvalue weighted by Gasteiger charge is 2.47. The summed E-state index contributed by atoms with van der Waals surface area (Å²) >= 11 is 0. The van der Waals surface area contributed by atoms with Crippen LogP contribution in [0.15, 0.2) is 42.5 Å². The van der Waals surface area contributed by atoms with Gasteiger partial charge in [0, 0.05) is 36.6 Å². The normalized spacial score (nSPS) is 20.1. The zero-order chi connectivity index (χ0) is 38.5. The van der Waals surface area contributed by atoms with Gasteiger partial charge in [0.15, 0.2) is 0 Å². The summed E-state index contributed by atoms with van der Waals surface area (Å²) in [4.78, 5) is 58.5. The standard InChI is InChI=1S/C39H49F4N5O5/c1-5-22(3)32(45-31(49)20-25-10-7-8-13-29(25)40)36(51)48-38(37(52)47-34(23(4)6-2)46-35(50)24-15-18-53-19-16-24)17-14-30-27(21-38)26-11-9-12-28(33(26)44-30)39(41,42)43/h7-13,22-24,32,34,44H,5-6,14-21H2,1-4H3,(H,45,49)(H,46,50)(H,47,52)(H,48,51)/t22?,23?,32-,34-,38+/m0/s1.